The maximum atomic E-state index is 12.2. The highest BCUT2D eigenvalue weighted by Gasteiger charge is 2.28. The van der Waals surface area contributed by atoms with Gasteiger partial charge in [-0.3, -0.25) is 4.79 Å². The predicted molar refractivity (Wildman–Crippen MR) is 64.6 cm³/mol. The Morgan fingerprint density at radius 3 is 2.75 bits per heavy atom. The zero-order valence-electron chi connectivity index (χ0n) is 9.44. The molecule has 2 nitrogen and oxygen atoms in total. The number of hydrogen-bond acceptors (Lipinski definition) is 1. The lowest BCUT2D eigenvalue weighted by Crippen LogP contribution is -2.21. The molecule has 2 aromatic rings. The molecule has 0 unspecified atom stereocenters. The smallest absolute Gasteiger partial charge is 0.168 e. The summed E-state index contributed by atoms with van der Waals surface area (Å²) >= 11 is 0. The Kier molecular flexibility index (Phi) is 2.10. The van der Waals surface area contributed by atoms with E-state index in [1.165, 1.54) is 6.42 Å². The monoisotopic (exact) mass is 213 g/mol. The zero-order chi connectivity index (χ0) is 11.1. The van der Waals surface area contributed by atoms with Crippen LogP contribution in [0.15, 0.2) is 30.5 Å². The molecule has 1 aromatic heterocycles. The van der Waals surface area contributed by atoms with Crippen LogP contribution in [-0.2, 0) is 7.05 Å². The molecular formula is C14H15NO. The second kappa shape index (κ2) is 3.48. The molecule has 1 aromatic carbocycles. The average molecular weight is 213 g/mol. The maximum absolute atomic E-state index is 12.2. The summed E-state index contributed by atoms with van der Waals surface area (Å²) in [6.45, 7) is 0. The van der Waals surface area contributed by atoms with Crippen molar-refractivity contribution in [3.05, 3.63) is 36.0 Å². The molecule has 0 N–H and O–H groups in total. The third kappa shape index (κ3) is 1.29. The van der Waals surface area contributed by atoms with Gasteiger partial charge in [-0.15, -0.1) is 0 Å². The van der Waals surface area contributed by atoms with Crippen molar-refractivity contribution in [2.75, 3.05) is 0 Å². The Morgan fingerprint density at radius 1 is 1.31 bits per heavy atom. The summed E-state index contributed by atoms with van der Waals surface area (Å²) < 4.78 is 2.04. The fourth-order valence-corrected chi connectivity index (χ4v) is 2.43. The number of carbonyl (C=O) groups is 1. The summed E-state index contributed by atoms with van der Waals surface area (Å²) in [6.07, 6.45) is 5.33. The number of fused-ring (bicyclic) bond motifs is 1. The van der Waals surface area contributed by atoms with E-state index in [0.29, 0.717) is 5.78 Å². The highest BCUT2D eigenvalue weighted by atomic mass is 16.1. The van der Waals surface area contributed by atoms with E-state index >= 15 is 0 Å². The van der Waals surface area contributed by atoms with Crippen LogP contribution in [0.4, 0.5) is 0 Å². The first-order valence-corrected chi connectivity index (χ1v) is 5.85. The van der Waals surface area contributed by atoms with Gasteiger partial charge in [0.2, 0.25) is 0 Å². The zero-order valence-corrected chi connectivity index (χ0v) is 9.44. The number of aryl methyl sites for hydroxylation is 1. The van der Waals surface area contributed by atoms with E-state index in [-0.39, 0.29) is 5.92 Å². The number of nitrogens with zero attached hydrogens (tertiary/aromatic N) is 1. The largest absolute Gasteiger partial charge is 0.350 e. The SMILES string of the molecule is Cn1cc(C(=O)C2CCC2)c2ccccc21. The van der Waals surface area contributed by atoms with Gasteiger partial charge < -0.3 is 4.57 Å². The molecule has 1 heterocycles. The third-order valence-electron chi connectivity index (χ3n) is 3.64. The van der Waals surface area contributed by atoms with Crippen molar-refractivity contribution in [3.63, 3.8) is 0 Å². The first-order valence-electron chi connectivity index (χ1n) is 5.85. The van der Waals surface area contributed by atoms with E-state index in [9.17, 15) is 4.79 Å². The Balaban J connectivity index is 2.12. The van der Waals surface area contributed by atoms with Crippen LogP contribution in [-0.4, -0.2) is 10.4 Å². The Morgan fingerprint density at radius 2 is 2.06 bits per heavy atom. The molecule has 0 saturated heterocycles. The highest BCUT2D eigenvalue weighted by molar-refractivity contribution is 6.09. The normalized spacial score (nSPS) is 16.3. The second-order valence-corrected chi connectivity index (χ2v) is 4.66. The topological polar surface area (TPSA) is 22.0 Å². The number of ketones is 1. The molecule has 1 aliphatic rings. The van der Waals surface area contributed by atoms with Crippen LogP contribution in [0.25, 0.3) is 10.9 Å². The van der Waals surface area contributed by atoms with E-state index in [1.54, 1.807) is 0 Å². The molecule has 1 fully saturated rings. The molecule has 0 spiro atoms. The van der Waals surface area contributed by atoms with Crippen molar-refractivity contribution in [3.8, 4) is 0 Å². The van der Waals surface area contributed by atoms with Gasteiger partial charge in [0.05, 0.1) is 0 Å². The van der Waals surface area contributed by atoms with Gasteiger partial charge in [0.15, 0.2) is 5.78 Å². The van der Waals surface area contributed by atoms with Gasteiger partial charge in [-0.1, -0.05) is 24.6 Å². The van der Waals surface area contributed by atoms with Gasteiger partial charge >= 0.3 is 0 Å². The molecule has 3 rings (SSSR count). The van der Waals surface area contributed by atoms with E-state index in [2.05, 4.69) is 6.07 Å². The molecule has 2 heteroatoms. The average Bonchev–Trinajstić information content (AvgIpc) is 2.55. The van der Waals surface area contributed by atoms with Crippen molar-refractivity contribution in [2.45, 2.75) is 19.3 Å². The molecule has 0 amide bonds. The van der Waals surface area contributed by atoms with Gasteiger partial charge in [0, 0.05) is 35.6 Å². The van der Waals surface area contributed by atoms with Crippen LogP contribution in [0.5, 0.6) is 0 Å². The van der Waals surface area contributed by atoms with Crippen molar-refractivity contribution in [1.29, 1.82) is 0 Å². The number of hydrogen-bond donors (Lipinski definition) is 0. The van der Waals surface area contributed by atoms with Crippen LogP contribution < -0.4 is 0 Å². The minimum atomic E-state index is 0.283. The van der Waals surface area contributed by atoms with Crippen molar-refractivity contribution in [1.82, 2.24) is 4.57 Å². The van der Waals surface area contributed by atoms with Crippen molar-refractivity contribution < 1.29 is 4.79 Å². The van der Waals surface area contributed by atoms with E-state index in [0.717, 1.165) is 29.3 Å². The first kappa shape index (κ1) is 9.64. The summed E-state index contributed by atoms with van der Waals surface area (Å²) in [7, 11) is 2.00. The van der Waals surface area contributed by atoms with Gasteiger partial charge in [-0.05, 0) is 18.9 Å². The minimum Gasteiger partial charge on any atom is -0.350 e. The van der Waals surface area contributed by atoms with Gasteiger partial charge in [0.25, 0.3) is 0 Å². The van der Waals surface area contributed by atoms with E-state index in [4.69, 9.17) is 0 Å². The van der Waals surface area contributed by atoms with Crippen molar-refractivity contribution in [2.24, 2.45) is 13.0 Å². The number of rotatable bonds is 2. The molecular weight excluding hydrogens is 198 g/mol. The number of para-hydroxylation sites is 1. The molecule has 0 atom stereocenters. The Bertz CT molecular complexity index is 549. The number of benzene rings is 1. The lowest BCUT2D eigenvalue weighted by Gasteiger charge is -2.23. The van der Waals surface area contributed by atoms with Crippen molar-refractivity contribution >= 4 is 16.7 Å². The maximum Gasteiger partial charge on any atom is 0.168 e. The fraction of sp³-hybridized carbons (Fsp3) is 0.357. The molecule has 0 bridgehead atoms. The minimum absolute atomic E-state index is 0.283. The second-order valence-electron chi connectivity index (χ2n) is 4.66. The first-order chi connectivity index (χ1) is 7.77. The highest BCUT2D eigenvalue weighted by Crippen LogP contribution is 2.32. The van der Waals surface area contributed by atoms with Crippen LogP contribution >= 0.6 is 0 Å². The fourth-order valence-electron chi connectivity index (χ4n) is 2.43. The van der Waals surface area contributed by atoms with Gasteiger partial charge in [-0.25, -0.2) is 0 Å². The number of aromatic nitrogens is 1. The third-order valence-corrected chi connectivity index (χ3v) is 3.64. The summed E-state index contributed by atoms with van der Waals surface area (Å²) in [4.78, 5) is 12.2. The van der Waals surface area contributed by atoms with Gasteiger partial charge in [0.1, 0.15) is 0 Å². The Labute approximate surface area is 94.9 Å². The van der Waals surface area contributed by atoms with Crippen LogP contribution in [0.2, 0.25) is 0 Å². The van der Waals surface area contributed by atoms with Crippen LogP contribution in [0.1, 0.15) is 29.6 Å². The molecule has 82 valence electrons. The summed E-state index contributed by atoms with van der Waals surface area (Å²) in [5, 5.41) is 1.10. The molecule has 0 aliphatic heterocycles. The summed E-state index contributed by atoms with van der Waals surface area (Å²) in [6, 6.07) is 8.12. The van der Waals surface area contributed by atoms with Crippen LogP contribution in [0, 0.1) is 5.92 Å². The van der Waals surface area contributed by atoms with E-state index < -0.39 is 0 Å². The molecule has 0 radical (unpaired) electrons. The molecule has 1 saturated carbocycles. The summed E-state index contributed by atoms with van der Waals surface area (Å²) in [5.41, 5.74) is 2.05. The van der Waals surface area contributed by atoms with E-state index in [1.807, 2.05) is 36.0 Å². The standard InChI is InChI=1S/C14H15NO/c1-15-9-12(14(16)10-5-4-6-10)11-7-2-3-8-13(11)15/h2-3,7-10H,4-6H2,1H3. The van der Waals surface area contributed by atoms with Crippen LogP contribution in [0.3, 0.4) is 0 Å². The Hall–Kier alpha value is -1.57. The lowest BCUT2D eigenvalue weighted by molar-refractivity contribution is 0.0857. The predicted octanol–water partition coefficient (Wildman–Crippen LogP) is 3.16. The lowest BCUT2D eigenvalue weighted by atomic mass is 9.80. The molecule has 1 aliphatic carbocycles. The van der Waals surface area contributed by atoms with Gasteiger partial charge in [-0.2, -0.15) is 0 Å². The summed E-state index contributed by atoms with van der Waals surface area (Å²) in [5.74, 6) is 0.619. The number of Topliss-reactive ketones (excluding diaryl/α,β-unsaturated/α-hetero) is 1. The molecule has 16 heavy (non-hydrogen) atoms. The quantitative estimate of drug-likeness (QED) is 0.702. The number of carbonyl (C=O) groups excluding carboxylic acids is 1.